The minimum atomic E-state index is -4.06. The van der Waals surface area contributed by atoms with E-state index in [-0.39, 0.29) is 28.7 Å². The molecule has 2 rings (SSSR count). The number of rotatable bonds is 5. The largest absolute Gasteiger partial charge is 0.477 e. The van der Waals surface area contributed by atoms with Crippen LogP contribution in [-0.4, -0.2) is 44.2 Å². The molecular weight excluding hydrogens is 320 g/mol. The van der Waals surface area contributed by atoms with Crippen molar-refractivity contribution in [2.75, 3.05) is 13.2 Å². The van der Waals surface area contributed by atoms with Crippen LogP contribution in [0, 0.1) is 6.92 Å². The third-order valence-corrected chi connectivity index (χ3v) is 6.41. The molecule has 1 saturated heterocycles. The van der Waals surface area contributed by atoms with Crippen molar-refractivity contribution in [1.82, 2.24) is 4.72 Å². The van der Waals surface area contributed by atoms with Gasteiger partial charge in [0, 0.05) is 13.0 Å². The van der Waals surface area contributed by atoms with E-state index in [0.29, 0.717) is 16.9 Å². The predicted octanol–water partition coefficient (Wildman–Crippen LogP) is -0.323. The lowest BCUT2D eigenvalue weighted by Crippen LogP contribution is -2.57. The van der Waals surface area contributed by atoms with Crippen LogP contribution in [0.4, 0.5) is 0 Å². The fourth-order valence-electron chi connectivity index (χ4n) is 2.00. The summed E-state index contributed by atoms with van der Waals surface area (Å²) in [6.45, 7) is 1.58. The zero-order valence-electron chi connectivity index (χ0n) is 11.1. The van der Waals surface area contributed by atoms with E-state index in [9.17, 15) is 18.0 Å². The number of amides is 1. The molecule has 8 nitrogen and oxygen atoms in total. The lowest BCUT2D eigenvalue weighted by atomic mass is 10.0. The fraction of sp³-hybridized carbons (Fsp3) is 0.455. The molecule has 1 aliphatic rings. The minimum absolute atomic E-state index is 0.0637. The number of carboxylic acid groups (broad SMARTS) is 1. The molecule has 0 aliphatic carbocycles. The molecule has 116 valence electrons. The van der Waals surface area contributed by atoms with Crippen molar-refractivity contribution in [3.05, 3.63) is 16.5 Å². The zero-order chi connectivity index (χ0) is 15.8. The average Bonchev–Trinajstić information content (AvgIpc) is 2.96. The van der Waals surface area contributed by atoms with Gasteiger partial charge in [0.15, 0.2) is 0 Å². The van der Waals surface area contributed by atoms with Crippen LogP contribution in [0.5, 0.6) is 0 Å². The Balaban J connectivity index is 2.36. The first-order valence-corrected chi connectivity index (χ1v) is 8.23. The Bertz CT molecular complexity index is 688. The van der Waals surface area contributed by atoms with Gasteiger partial charge in [-0.3, -0.25) is 4.79 Å². The molecule has 10 heteroatoms. The maximum atomic E-state index is 12.3. The van der Waals surface area contributed by atoms with E-state index in [4.69, 9.17) is 15.6 Å². The molecule has 1 amide bonds. The number of carboxylic acids is 1. The van der Waals surface area contributed by atoms with E-state index in [2.05, 4.69) is 4.72 Å². The number of hydrogen-bond donors (Lipinski definition) is 3. The number of carbonyl (C=O) groups excluding carboxylic acids is 1. The normalized spacial score (nSPS) is 22.3. The fourth-order valence-corrected chi connectivity index (χ4v) is 4.76. The molecule has 0 radical (unpaired) electrons. The SMILES string of the molecule is Cc1cc(S(=O)(=O)NC2(C(N)=O)CCOC2)sc1C(=O)O. The Kier molecular flexibility index (Phi) is 4.06. The Labute approximate surface area is 125 Å². The summed E-state index contributed by atoms with van der Waals surface area (Å²) in [5, 5.41) is 8.97. The number of thiophene rings is 1. The first kappa shape index (κ1) is 15.9. The molecule has 21 heavy (non-hydrogen) atoms. The van der Waals surface area contributed by atoms with E-state index in [1.807, 2.05) is 0 Å². The van der Waals surface area contributed by atoms with Crippen LogP contribution >= 0.6 is 11.3 Å². The number of nitrogens with two attached hydrogens (primary N) is 1. The number of carbonyl (C=O) groups is 2. The monoisotopic (exact) mass is 334 g/mol. The summed E-state index contributed by atoms with van der Waals surface area (Å²) in [7, 11) is -4.06. The van der Waals surface area contributed by atoms with Gasteiger partial charge in [0.25, 0.3) is 10.0 Å². The predicted molar refractivity (Wildman–Crippen MR) is 73.7 cm³/mol. The molecule has 1 aliphatic heterocycles. The van der Waals surface area contributed by atoms with Crippen LogP contribution in [0.15, 0.2) is 10.3 Å². The molecule has 4 N–H and O–H groups in total. The first-order chi connectivity index (χ1) is 9.68. The van der Waals surface area contributed by atoms with E-state index in [0.717, 1.165) is 0 Å². The van der Waals surface area contributed by atoms with E-state index < -0.39 is 27.4 Å². The van der Waals surface area contributed by atoms with Gasteiger partial charge in [-0.2, -0.15) is 4.72 Å². The van der Waals surface area contributed by atoms with E-state index >= 15 is 0 Å². The van der Waals surface area contributed by atoms with Gasteiger partial charge in [-0.1, -0.05) is 0 Å². The van der Waals surface area contributed by atoms with Gasteiger partial charge in [-0.15, -0.1) is 11.3 Å². The first-order valence-electron chi connectivity index (χ1n) is 5.93. The maximum absolute atomic E-state index is 12.3. The van der Waals surface area contributed by atoms with Gasteiger partial charge >= 0.3 is 5.97 Å². The Morgan fingerprint density at radius 3 is 2.62 bits per heavy atom. The highest BCUT2D eigenvalue weighted by Crippen LogP contribution is 2.28. The molecule has 0 spiro atoms. The highest BCUT2D eigenvalue weighted by molar-refractivity contribution is 7.91. The Hall–Kier alpha value is -1.49. The number of sulfonamides is 1. The van der Waals surface area contributed by atoms with Crippen LogP contribution < -0.4 is 10.5 Å². The smallest absolute Gasteiger partial charge is 0.346 e. The summed E-state index contributed by atoms with van der Waals surface area (Å²) in [5.74, 6) is -2.02. The molecule has 0 saturated carbocycles. The van der Waals surface area contributed by atoms with Crippen LogP contribution in [-0.2, 0) is 19.6 Å². The second kappa shape index (κ2) is 5.37. The molecule has 1 fully saturated rings. The Morgan fingerprint density at radius 2 is 2.19 bits per heavy atom. The summed E-state index contributed by atoms with van der Waals surface area (Å²) in [4.78, 5) is 22.5. The number of aryl methyl sites for hydroxylation is 1. The van der Waals surface area contributed by atoms with Gasteiger partial charge < -0.3 is 15.6 Å². The number of ether oxygens (including phenoxy) is 1. The van der Waals surface area contributed by atoms with Gasteiger partial charge in [-0.25, -0.2) is 13.2 Å². The Morgan fingerprint density at radius 1 is 1.52 bits per heavy atom. The van der Waals surface area contributed by atoms with E-state index in [1.165, 1.54) is 13.0 Å². The second-order valence-electron chi connectivity index (χ2n) is 4.74. The number of nitrogens with one attached hydrogen (secondary N) is 1. The zero-order valence-corrected chi connectivity index (χ0v) is 12.7. The highest BCUT2D eigenvalue weighted by Gasteiger charge is 2.44. The van der Waals surface area contributed by atoms with Gasteiger partial charge in [0.2, 0.25) is 5.91 Å². The topological polar surface area (TPSA) is 136 Å². The summed E-state index contributed by atoms with van der Waals surface area (Å²) in [6.07, 6.45) is 0.137. The van der Waals surface area contributed by atoms with Crippen molar-refractivity contribution in [2.24, 2.45) is 5.73 Å². The lowest BCUT2D eigenvalue weighted by Gasteiger charge is -2.24. The molecule has 0 aromatic carbocycles. The summed E-state index contributed by atoms with van der Waals surface area (Å²) in [6, 6.07) is 1.25. The third-order valence-electron chi connectivity index (χ3n) is 3.18. The molecular formula is C11H14N2O6S2. The van der Waals surface area contributed by atoms with Gasteiger partial charge in [-0.05, 0) is 18.6 Å². The van der Waals surface area contributed by atoms with E-state index in [1.54, 1.807) is 0 Å². The maximum Gasteiger partial charge on any atom is 0.346 e. The number of aromatic carboxylic acids is 1. The molecule has 1 aromatic rings. The summed E-state index contributed by atoms with van der Waals surface area (Å²) >= 11 is 0.625. The molecule has 1 aromatic heterocycles. The average molecular weight is 334 g/mol. The highest BCUT2D eigenvalue weighted by atomic mass is 32.2. The second-order valence-corrected chi connectivity index (χ2v) is 7.70. The standard InChI is InChI=1S/C11H14N2O6S2/c1-6-4-7(20-8(6)9(14)15)21(17,18)13-11(10(12)16)2-3-19-5-11/h4,13H,2-3,5H2,1H3,(H2,12,16)(H,14,15). The molecule has 1 unspecified atom stereocenters. The van der Waals surface area contributed by atoms with Crippen LogP contribution in [0.2, 0.25) is 0 Å². The third kappa shape index (κ3) is 2.93. The molecule has 2 heterocycles. The van der Waals surface area contributed by atoms with Crippen LogP contribution in [0.1, 0.15) is 21.7 Å². The van der Waals surface area contributed by atoms with Crippen LogP contribution in [0.3, 0.4) is 0 Å². The van der Waals surface area contributed by atoms with Gasteiger partial charge in [0.1, 0.15) is 14.6 Å². The summed E-state index contributed by atoms with van der Waals surface area (Å²) < 4.78 is 31.8. The van der Waals surface area contributed by atoms with Crippen molar-refractivity contribution < 1.29 is 27.9 Å². The minimum Gasteiger partial charge on any atom is -0.477 e. The van der Waals surface area contributed by atoms with Crippen molar-refractivity contribution in [3.8, 4) is 0 Å². The van der Waals surface area contributed by atoms with Crippen molar-refractivity contribution in [1.29, 1.82) is 0 Å². The number of hydrogen-bond acceptors (Lipinski definition) is 6. The summed E-state index contributed by atoms with van der Waals surface area (Å²) in [5.41, 5.74) is 4.12. The van der Waals surface area contributed by atoms with Crippen LogP contribution in [0.25, 0.3) is 0 Å². The van der Waals surface area contributed by atoms with Gasteiger partial charge in [0.05, 0.1) is 6.61 Å². The molecule has 1 atom stereocenters. The van der Waals surface area contributed by atoms with Crippen molar-refractivity contribution in [3.63, 3.8) is 0 Å². The number of primary amides is 1. The van der Waals surface area contributed by atoms with Crippen molar-refractivity contribution >= 4 is 33.2 Å². The van der Waals surface area contributed by atoms with Crippen molar-refractivity contribution in [2.45, 2.75) is 23.1 Å². The quantitative estimate of drug-likeness (QED) is 0.675. The molecule has 0 bridgehead atoms. The lowest BCUT2D eigenvalue weighted by molar-refractivity contribution is -0.123.